The third-order valence-corrected chi connectivity index (χ3v) is 3.16. The van der Waals surface area contributed by atoms with E-state index in [9.17, 15) is 0 Å². The van der Waals surface area contributed by atoms with Crippen molar-refractivity contribution >= 4 is 0 Å². The zero-order valence-electron chi connectivity index (χ0n) is 12.1. The summed E-state index contributed by atoms with van der Waals surface area (Å²) < 4.78 is 10.9. The van der Waals surface area contributed by atoms with Crippen molar-refractivity contribution in [3.05, 3.63) is 53.9 Å². The first kappa shape index (κ1) is 14.3. The molecule has 1 heterocycles. The lowest BCUT2D eigenvalue weighted by molar-refractivity contribution is 0.340. The van der Waals surface area contributed by atoms with Gasteiger partial charge in [0.25, 0.3) is 0 Å². The van der Waals surface area contributed by atoms with Crippen LogP contribution in [0.1, 0.15) is 24.1 Å². The minimum Gasteiger partial charge on any atom is -0.495 e. The standard InChI is InChI=1S/C16H20N2O2/c1-4-20-13-7-5-12(6-8-13)16(17-2)14-9-10-18-11-15(14)19-3/h5-11,16-17H,4H2,1-3H3. The normalized spacial score (nSPS) is 11.9. The molecule has 20 heavy (non-hydrogen) atoms. The fraction of sp³-hybridized carbons (Fsp3) is 0.312. The summed E-state index contributed by atoms with van der Waals surface area (Å²) in [5.41, 5.74) is 2.22. The molecule has 0 bridgehead atoms. The summed E-state index contributed by atoms with van der Waals surface area (Å²) in [5, 5.41) is 3.31. The lowest BCUT2D eigenvalue weighted by Gasteiger charge is -2.19. The van der Waals surface area contributed by atoms with Gasteiger partial charge in [0.15, 0.2) is 0 Å². The molecule has 0 spiro atoms. The fourth-order valence-electron chi connectivity index (χ4n) is 2.22. The Morgan fingerprint density at radius 2 is 1.95 bits per heavy atom. The highest BCUT2D eigenvalue weighted by molar-refractivity contribution is 5.41. The van der Waals surface area contributed by atoms with Crippen molar-refractivity contribution in [2.24, 2.45) is 0 Å². The van der Waals surface area contributed by atoms with Crippen molar-refractivity contribution in [3.8, 4) is 11.5 Å². The Morgan fingerprint density at radius 3 is 2.55 bits per heavy atom. The molecule has 1 aromatic heterocycles. The molecule has 1 atom stereocenters. The Balaban J connectivity index is 2.31. The van der Waals surface area contributed by atoms with Gasteiger partial charge in [0.1, 0.15) is 11.5 Å². The highest BCUT2D eigenvalue weighted by Crippen LogP contribution is 2.29. The van der Waals surface area contributed by atoms with Gasteiger partial charge in [-0.3, -0.25) is 4.98 Å². The SMILES string of the molecule is CCOc1ccc(C(NC)c2ccncc2OC)cc1. The molecule has 0 amide bonds. The number of hydrogen-bond acceptors (Lipinski definition) is 4. The van der Waals surface area contributed by atoms with E-state index in [4.69, 9.17) is 9.47 Å². The Labute approximate surface area is 119 Å². The van der Waals surface area contributed by atoms with Crippen LogP contribution in [0.2, 0.25) is 0 Å². The molecular weight excluding hydrogens is 252 g/mol. The highest BCUT2D eigenvalue weighted by Gasteiger charge is 2.16. The number of rotatable bonds is 6. The van der Waals surface area contributed by atoms with Crippen molar-refractivity contribution < 1.29 is 9.47 Å². The number of nitrogens with zero attached hydrogens (tertiary/aromatic N) is 1. The maximum Gasteiger partial charge on any atom is 0.142 e. The van der Waals surface area contributed by atoms with Crippen molar-refractivity contribution in [3.63, 3.8) is 0 Å². The molecule has 2 aromatic rings. The van der Waals surface area contributed by atoms with Crippen LogP contribution in [0.4, 0.5) is 0 Å². The van der Waals surface area contributed by atoms with Crippen LogP contribution in [0.5, 0.6) is 11.5 Å². The second kappa shape index (κ2) is 6.91. The first-order valence-corrected chi connectivity index (χ1v) is 6.68. The first-order chi connectivity index (χ1) is 9.80. The summed E-state index contributed by atoms with van der Waals surface area (Å²) >= 11 is 0. The number of hydrogen-bond donors (Lipinski definition) is 1. The average Bonchev–Trinajstić information content (AvgIpc) is 2.50. The summed E-state index contributed by atoms with van der Waals surface area (Å²) in [6, 6.07) is 10.1. The molecule has 2 rings (SSSR count). The van der Waals surface area contributed by atoms with E-state index < -0.39 is 0 Å². The molecule has 0 aliphatic heterocycles. The van der Waals surface area contributed by atoms with Crippen LogP contribution in [-0.4, -0.2) is 25.7 Å². The van der Waals surface area contributed by atoms with Gasteiger partial charge in [-0.15, -0.1) is 0 Å². The molecule has 0 fully saturated rings. The number of pyridine rings is 1. The molecule has 106 valence electrons. The smallest absolute Gasteiger partial charge is 0.142 e. The third-order valence-electron chi connectivity index (χ3n) is 3.16. The number of nitrogens with one attached hydrogen (secondary N) is 1. The third kappa shape index (κ3) is 3.08. The van der Waals surface area contributed by atoms with Crippen LogP contribution < -0.4 is 14.8 Å². The fourth-order valence-corrected chi connectivity index (χ4v) is 2.22. The maximum atomic E-state index is 5.47. The summed E-state index contributed by atoms with van der Waals surface area (Å²) in [6.45, 7) is 2.65. The van der Waals surface area contributed by atoms with E-state index in [0.717, 1.165) is 22.6 Å². The molecule has 1 aromatic carbocycles. The maximum absolute atomic E-state index is 5.47. The van der Waals surface area contributed by atoms with Gasteiger partial charge in [-0.2, -0.15) is 0 Å². The Bertz CT molecular complexity index is 540. The Kier molecular flexibility index (Phi) is 4.96. The average molecular weight is 272 g/mol. The van der Waals surface area contributed by atoms with Gasteiger partial charge in [-0.1, -0.05) is 12.1 Å². The lowest BCUT2D eigenvalue weighted by atomic mass is 9.99. The van der Waals surface area contributed by atoms with Crippen LogP contribution in [0.3, 0.4) is 0 Å². The van der Waals surface area contributed by atoms with Crippen LogP contribution in [0.15, 0.2) is 42.7 Å². The molecule has 0 saturated carbocycles. The van der Waals surface area contributed by atoms with E-state index in [2.05, 4.69) is 22.4 Å². The van der Waals surface area contributed by atoms with E-state index >= 15 is 0 Å². The van der Waals surface area contributed by atoms with Gasteiger partial charge >= 0.3 is 0 Å². The first-order valence-electron chi connectivity index (χ1n) is 6.68. The van der Waals surface area contributed by atoms with Crippen LogP contribution in [0.25, 0.3) is 0 Å². The minimum atomic E-state index is 0.0589. The lowest BCUT2D eigenvalue weighted by Crippen LogP contribution is -2.18. The molecule has 0 aliphatic rings. The van der Waals surface area contributed by atoms with Gasteiger partial charge < -0.3 is 14.8 Å². The van der Waals surface area contributed by atoms with Crippen molar-refractivity contribution in [1.82, 2.24) is 10.3 Å². The van der Waals surface area contributed by atoms with Gasteiger partial charge in [-0.25, -0.2) is 0 Å². The number of benzene rings is 1. The van der Waals surface area contributed by atoms with Gasteiger partial charge in [0.2, 0.25) is 0 Å². The van der Waals surface area contributed by atoms with Crippen molar-refractivity contribution in [2.75, 3.05) is 20.8 Å². The molecule has 4 heteroatoms. The van der Waals surface area contributed by atoms with E-state index in [1.165, 1.54) is 0 Å². The molecule has 0 saturated heterocycles. The molecule has 1 N–H and O–H groups in total. The molecule has 0 aliphatic carbocycles. The molecule has 4 nitrogen and oxygen atoms in total. The Hall–Kier alpha value is -2.07. The van der Waals surface area contributed by atoms with Gasteiger partial charge in [0.05, 0.1) is 26.0 Å². The summed E-state index contributed by atoms with van der Waals surface area (Å²) in [7, 11) is 3.59. The number of aromatic nitrogens is 1. The predicted octanol–water partition coefficient (Wildman–Crippen LogP) is 2.80. The predicted molar refractivity (Wildman–Crippen MR) is 79.3 cm³/mol. The molecule has 1 unspecified atom stereocenters. The van der Waals surface area contributed by atoms with E-state index in [0.29, 0.717) is 6.61 Å². The van der Waals surface area contributed by atoms with Crippen molar-refractivity contribution in [2.45, 2.75) is 13.0 Å². The van der Waals surface area contributed by atoms with Gasteiger partial charge in [-0.05, 0) is 37.7 Å². The van der Waals surface area contributed by atoms with E-state index in [1.54, 1.807) is 19.5 Å². The van der Waals surface area contributed by atoms with E-state index in [-0.39, 0.29) is 6.04 Å². The van der Waals surface area contributed by atoms with Crippen molar-refractivity contribution in [1.29, 1.82) is 0 Å². The zero-order valence-corrected chi connectivity index (χ0v) is 12.1. The summed E-state index contributed by atoms with van der Waals surface area (Å²) in [6.07, 6.45) is 3.50. The second-order valence-electron chi connectivity index (χ2n) is 4.34. The zero-order chi connectivity index (χ0) is 14.4. The van der Waals surface area contributed by atoms with Crippen LogP contribution in [-0.2, 0) is 0 Å². The highest BCUT2D eigenvalue weighted by atomic mass is 16.5. The Morgan fingerprint density at radius 1 is 1.20 bits per heavy atom. The number of ether oxygens (including phenoxy) is 2. The minimum absolute atomic E-state index is 0.0589. The topological polar surface area (TPSA) is 43.4 Å². The molecule has 0 radical (unpaired) electrons. The van der Waals surface area contributed by atoms with E-state index in [1.807, 2.05) is 32.2 Å². The largest absolute Gasteiger partial charge is 0.495 e. The van der Waals surface area contributed by atoms with Gasteiger partial charge in [0, 0.05) is 11.8 Å². The quantitative estimate of drug-likeness (QED) is 0.878. The summed E-state index contributed by atoms with van der Waals surface area (Å²) in [5.74, 6) is 1.66. The summed E-state index contributed by atoms with van der Waals surface area (Å²) in [4.78, 5) is 4.09. The molecular formula is C16H20N2O2. The van der Waals surface area contributed by atoms with Crippen LogP contribution in [0, 0.1) is 0 Å². The van der Waals surface area contributed by atoms with Crippen LogP contribution >= 0.6 is 0 Å². The number of methoxy groups -OCH3 is 1. The second-order valence-corrected chi connectivity index (χ2v) is 4.34. The monoisotopic (exact) mass is 272 g/mol.